The highest BCUT2D eigenvalue weighted by molar-refractivity contribution is 5.96. The van der Waals surface area contributed by atoms with Crippen LogP contribution in [0.5, 0.6) is 11.5 Å². The molecule has 3 N–H and O–H groups in total. The first-order valence-electron chi connectivity index (χ1n) is 12.6. The minimum atomic E-state index is -4.61. The fourth-order valence-corrected chi connectivity index (χ4v) is 5.83. The molecule has 1 aliphatic heterocycles. The van der Waals surface area contributed by atoms with Crippen LogP contribution in [0.2, 0.25) is 0 Å². The van der Waals surface area contributed by atoms with Crippen molar-refractivity contribution in [3.05, 3.63) is 71.3 Å². The van der Waals surface area contributed by atoms with Crippen LogP contribution < -0.4 is 20.3 Å². The zero-order chi connectivity index (χ0) is 27.1. The van der Waals surface area contributed by atoms with Crippen LogP contribution in [-0.2, 0) is 18.1 Å². The fourth-order valence-electron chi connectivity index (χ4n) is 5.83. The van der Waals surface area contributed by atoms with Gasteiger partial charge in [-0.05, 0) is 59.9 Å². The van der Waals surface area contributed by atoms with Gasteiger partial charge in [-0.25, -0.2) is 4.79 Å². The molecule has 1 heterocycles. The maximum atomic E-state index is 13.8. The molecule has 2 aliphatic rings. The van der Waals surface area contributed by atoms with E-state index >= 15 is 0 Å². The second-order valence-corrected chi connectivity index (χ2v) is 9.97. The lowest BCUT2D eigenvalue weighted by Crippen LogP contribution is -2.41. The minimum Gasteiger partial charge on any atom is -0.508 e. The van der Waals surface area contributed by atoms with Crippen LogP contribution in [0.3, 0.4) is 0 Å². The van der Waals surface area contributed by atoms with E-state index in [0.29, 0.717) is 17.9 Å². The van der Waals surface area contributed by atoms with Gasteiger partial charge < -0.3 is 20.5 Å². The van der Waals surface area contributed by atoms with E-state index in [-0.39, 0.29) is 23.6 Å². The number of anilines is 2. The van der Waals surface area contributed by atoms with Crippen LogP contribution >= 0.6 is 0 Å². The van der Waals surface area contributed by atoms with Crippen molar-refractivity contribution < 1.29 is 27.8 Å². The Labute approximate surface area is 219 Å². The van der Waals surface area contributed by atoms with Crippen LogP contribution in [0.4, 0.5) is 29.3 Å². The van der Waals surface area contributed by atoms with Gasteiger partial charge in [-0.2, -0.15) is 13.2 Å². The van der Waals surface area contributed by atoms with Gasteiger partial charge in [-0.15, -0.1) is 0 Å². The summed E-state index contributed by atoms with van der Waals surface area (Å²) in [4.78, 5) is 15.1. The molecule has 0 unspecified atom stereocenters. The van der Waals surface area contributed by atoms with Crippen LogP contribution in [0.1, 0.15) is 42.4 Å². The molecule has 2 amide bonds. The Morgan fingerprint density at radius 1 is 1.08 bits per heavy atom. The summed E-state index contributed by atoms with van der Waals surface area (Å²) < 4.78 is 46.8. The van der Waals surface area contributed by atoms with Gasteiger partial charge in [0.25, 0.3) is 0 Å². The molecule has 3 aromatic carbocycles. The first-order chi connectivity index (χ1) is 18.1. The number of hydrogen-bond acceptors (Lipinski definition) is 4. The zero-order valence-electron chi connectivity index (χ0n) is 21.3. The molecule has 9 heteroatoms. The zero-order valence-corrected chi connectivity index (χ0v) is 21.3. The molecule has 6 nitrogen and oxygen atoms in total. The lowest BCUT2D eigenvalue weighted by Gasteiger charge is -2.25. The van der Waals surface area contributed by atoms with Crippen molar-refractivity contribution in [1.82, 2.24) is 5.32 Å². The summed E-state index contributed by atoms with van der Waals surface area (Å²) in [6.07, 6.45) is -0.874. The van der Waals surface area contributed by atoms with Gasteiger partial charge in [-0.3, -0.25) is 4.90 Å². The van der Waals surface area contributed by atoms with Gasteiger partial charge in [0.2, 0.25) is 0 Å². The van der Waals surface area contributed by atoms with E-state index in [4.69, 9.17) is 4.74 Å². The Morgan fingerprint density at radius 3 is 2.53 bits per heavy atom. The maximum Gasteiger partial charge on any atom is 0.417 e. The van der Waals surface area contributed by atoms with E-state index in [1.165, 1.54) is 12.1 Å². The molecule has 0 saturated heterocycles. The predicted molar refractivity (Wildman–Crippen MR) is 141 cm³/mol. The second-order valence-electron chi connectivity index (χ2n) is 9.97. The number of amides is 2. The van der Waals surface area contributed by atoms with Gasteiger partial charge in [-0.1, -0.05) is 31.0 Å². The average molecular weight is 526 g/mol. The Hall–Kier alpha value is -3.88. The van der Waals surface area contributed by atoms with E-state index in [2.05, 4.69) is 10.6 Å². The van der Waals surface area contributed by atoms with Gasteiger partial charge in [0, 0.05) is 48.6 Å². The summed E-state index contributed by atoms with van der Waals surface area (Å²) in [5.74, 6) is 0.222. The molecule has 1 saturated carbocycles. The van der Waals surface area contributed by atoms with Gasteiger partial charge in [0.05, 0.1) is 12.7 Å². The largest absolute Gasteiger partial charge is 0.508 e. The van der Waals surface area contributed by atoms with Crippen molar-refractivity contribution in [3.63, 3.8) is 0 Å². The molecule has 0 atom stereocenters. The number of aromatic hydroxyl groups is 1. The number of rotatable bonds is 5. The number of fused-ring (bicyclic) bond motifs is 2. The normalized spacial score (nSPS) is 16.0. The predicted octanol–water partition coefficient (Wildman–Crippen LogP) is 6.67. The standard InChI is InChI=1S/C29H30F3N3O3/c1-33-20-7-5-19(26(14-20)38-2)16-34-27(37)35-17-28(11-3-4-12-28)24-13-18(6-10-25(24)35)22-9-8-21(36)15-23(22)29(30,31)32/h5-10,13-15,33,36H,3-4,11-12,16-17H2,1-2H3,(H,34,37). The van der Waals surface area contributed by atoms with Gasteiger partial charge in [0.1, 0.15) is 11.5 Å². The van der Waals surface area contributed by atoms with E-state index in [1.807, 2.05) is 25.2 Å². The van der Waals surface area contributed by atoms with E-state index in [1.54, 1.807) is 30.2 Å². The number of ether oxygens (including phenoxy) is 1. The van der Waals surface area contributed by atoms with Crippen molar-refractivity contribution in [2.24, 2.45) is 0 Å². The molecular formula is C29H30F3N3O3. The SMILES string of the molecule is CNc1ccc(CNC(=O)N2CC3(CCCC3)c3cc(-c4ccc(O)cc4C(F)(F)F)ccc32)c(OC)c1. The molecule has 5 rings (SSSR count). The number of methoxy groups -OCH3 is 1. The molecule has 0 bridgehead atoms. The Morgan fingerprint density at radius 2 is 1.84 bits per heavy atom. The molecule has 1 fully saturated rings. The number of urea groups is 1. The second kappa shape index (κ2) is 9.78. The molecule has 200 valence electrons. The number of phenols is 1. The smallest absolute Gasteiger partial charge is 0.417 e. The van der Waals surface area contributed by atoms with Crippen LogP contribution in [0.15, 0.2) is 54.6 Å². The minimum absolute atomic E-state index is 0.00580. The maximum absolute atomic E-state index is 13.8. The first-order valence-corrected chi connectivity index (χ1v) is 12.6. The third kappa shape index (κ3) is 4.61. The molecule has 1 aliphatic carbocycles. The third-order valence-corrected chi connectivity index (χ3v) is 7.75. The van der Waals surface area contributed by atoms with Crippen LogP contribution in [-0.4, -0.2) is 31.8 Å². The van der Waals surface area contributed by atoms with Crippen molar-refractivity contribution in [3.8, 4) is 22.6 Å². The molecule has 0 radical (unpaired) electrons. The quantitative estimate of drug-likeness (QED) is 0.348. The summed E-state index contributed by atoms with van der Waals surface area (Å²) in [5.41, 5.74) is 2.60. The van der Waals surface area contributed by atoms with Crippen LogP contribution in [0, 0.1) is 0 Å². The Kier molecular flexibility index (Phi) is 6.63. The number of nitrogens with zero attached hydrogens (tertiary/aromatic N) is 1. The number of benzene rings is 3. The topological polar surface area (TPSA) is 73.8 Å². The molecule has 1 spiro atoms. The number of phenolic OH excluding ortho intramolecular Hbond substituents is 1. The van der Waals surface area contributed by atoms with Crippen molar-refractivity contribution in [1.29, 1.82) is 0 Å². The molecular weight excluding hydrogens is 495 g/mol. The summed E-state index contributed by atoms with van der Waals surface area (Å²) in [6.45, 7) is 0.751. The van der Waals surface area contributed by atoms with Crippen molar-refractivity contribution in [2.75, 3.05) is 30.9 Å². The lowest BCUT2D eigenvalue weighted by molar-refractivity contribution is -0.137. The number of carbonyl (C=O) groups is 1. The Balaban J connectivity index is 1.46. The van der Waals surface area contributed by atoms with Gasteiger partial charge >= 0.3 is 12.2 Å². The van der Waals surface area contributed by atoms with Crippen LogP contribution in [0.25, 0.3) is 11.1 Å². The number of halogens is 3. The lowest BCUT2D eigenvalue weighted by atomic mass is 9.79. The fraction of sp³-hybridized carbons (Fsp3) is 0.345. The van der Waals surface area contributed by atoms with E-state index in [9.17, 15) is 23.1 Å². The first kappa shape index (κ1) is 25.8. The summed E-state index contributed by atoms with van der Waals surface area (Å²) in [5, 5.41) is 15.7. The van der Waals surface area contributed by atoms with Crippen molar-refractivity contribution in [2.45, 2.75) is 43.8 Å². The molecule has 3 aromatic rings. The van der Waals surface area contributed by atoms with E-state index in [0.717, 1.165) is 54.3 Å². The van der Waals surface area contributed by atoms with Crippen molar-refractivity contribution >= 4 is 17.4 Å². The number of hydrogen-bond donors (Lipinski definition) is 3. The monoisotopic (exact) mass is 525 g/mol. The highest BCUT2D eigenvalue weighted by Gasteiger charge is 2.46. The third-order valence-electron chi connectivity index (χ3n) is 7.75. The number of carbonyl (C=O) groups excluding carboxylic acids is 1. The number of nitrogens with one attached hydrogen (secondary N) is 2. The van der Waals surface area contributed by atoms with Gasteiger partial charge in [0.15, 0.2) is 0 Å². The summed E-state index contributed by atoms with van der Waals surface area (Å²) in [6, 6.07) is 13.9. The molecule has 38 heavy (non-hydrogen) atoms. The highest BCUT2D eigenvalue weighted by atomic mass is 19.4. The summed E-state index contributed by atoms with van der Waals surface area (Å²) >= 11 is 0. The summed E-state index contributed by atoms with van der Waals surface area (Å²) in [7, 11) is 3.40. The average Bonchev–Trinajstić information content (AvgIpc) is 3.51. The highest BCUT2D eigenvalue weighted by Crippen LogP contribution is 2.52. The van der Waals surface area contributed by atoms with E-state index < -0.39 is 17.5 Å². The number of alkyl halides is 3. The molecule has 0 aromatic heterocycles. The Bertz CT molecular complexity index is 1370.